The Labute approximate surface area is 136 Å². The van der Waals surface area contributed by atoms with Gasteiger partial charge in [0.1, 0.15) is 11.6 Å². The second kappa shape index (κ2) is 5.47. The molecule has 0 aliphatic heterocycles. The van der Waals surface area contributed by atoms with Gasteiger partial charge >= 0.3 is 0 Å². The van der Waals surface area contributed by atoms with Crippen molar-refractivity contribution in [3.8, 4) is 11.6 Å². The molecule has 24 heavy (non-hydrogen) atoms. The maximum atomic E-state index is 14.4. The van der Waals surface area contributed by atoms with Crippen molar-refractivity contribution in [2.45, 2.75) is 31.1 Å². The van der Waals surface area contributed by atoms with E-state index in [0.29, 0.717) is 29.9 Å². The fourth-order valence-corrected chi connectivity index (χ4v) is 3.44. The molecule has 124 valence electrons. The highest BCUT2D eigenvalue weighted by atomic mass is 19.1. The lowest BCUT2D eigenvalue weighted by atomic mass is 9.78. The van der Waals surface area contributed by atoms with E-state index >= 15 is 0 Å². The van der Waals surface area contributed by atoms with E-state index in [0.717, 1.165) is 18.9 Å². The van der Waals surface area contributed by atoms with Crippen LogP contribution in [-0.2, 0) is 12.5 Å². The fraction of sp³-hybridized carbons (Fsp3) is 0.375. The average Bonchev–Trinajstić information content (AvgIpc) is 3.26. The van der Waals surface area contributed by atoms with Crippen molar-refractivity contribution in [2.75, 3.05) is 0 Å². The molecule has 0 saturated heterocycles. The summed E-state index contributed by atoms with van der Waals surface area (Å²) in [4.78, 5) is 4.43. The Hall–Kier alpha value is -2.64. The zero-order chi connectivity index (χ0) is 16.7. The molecule has 8 heteroatoms. The summed E-state index contributed by atoms with van der Waals surface area (Å²) in [6, 6.07) is 3.65. The third kappa shape index (κ3) is 2.29. The first-order chi connectivity index (χ1) is 11.6. The van der Waals surface area contributed by atoms with Gasteiger partial charge in [-0.2, -0.15) is 4.98 Å². The minimum atomic E-state index is -0.693. The van der Waals surface area contributed by atoms with Gasteiger partial charge < -0.3 is 4.52 Å². The van der Waals surface area contributed by atoms with Gasteiger partial charge in [-0.15, -0.1) is 5.10 Å². The second-order valence-electron chi connectivity index (χ2n) is 6.11. The molecule has 3 aromatic rings. The summed E-state index contributed by atoms with van der Waals surface area (Å²) in [5, 5.41) is 11.9. The van der Waals surface area contributed by atoms with Gasteiger partial charge in [0.2, 0.25) is 0 Å². The Morgan fingerprint density at radius 1 is 1.21 bits per heavy atom. The summed E-state index contributed by atoms with van der Waals surface area (Å²) in [7, 11) is 1.74. The highest BCUT2D eigenvalue weighted by Gasteiger charge is 2.43. The molecule has 6 nitrogen and oxygen atoms in total. The summed E-state index contributed by atoms with van der Waals surface area (Å²) in [5.74, 6) is -0.529. The van der Waals surface area contributed by atoms with Crippen LogP contribution in [0.25, 0.3) is 11.6 Å². The van der Waals surface area contributed by atoms with Gasteiger partial charge in [0.05, 0.1) is 11.6 Å². The number of benzene rings is 1. The van der Waals surface area contributed by atoms with Gasteiger partial charge in [0.25, 0.3) is 5.89 Å². The monoisotopic (exact) mass is 331 g/mol. The molecule has 0 unspecified atom stereocenters. The van der Waals surface area contributed by atoms with Gasteiger partial charge in [-0.3, -0.25) is 4.68 Å². The van der Waals surface area contributed by atoms with Crippen molar-refractivity contribution in [3.05, 3.63) is 47.4 Å². The number of nitrogens with zero attached hydrogens (tertiary/aromatic N) is 5. The normalized spacial score (nSPS) is 16.6. The topological polar surface area (TPSA) is 69.6 Å². The van der Waals surface area contributed by atoms with Crippen LogP contribution in [0.5, 0.6) is 0 Å². The third-order valence-electron chi connectivity index (χ3n) is 4.58. The van der Waals surface area contributed by atoms with Gasteiger partial charge in [-0.1, -0.05) is 29.3 Å². The average molecular weight is 331 g/mol. The van der Waals surface area contributed by atoms with Crippen LogP contribution < -0.4 is 0 Å². The molecular weight excluding hydrogens is 316 g/mol. The molecule has 0 radical (unpaired) electrons. The summed E-state index contributed by atoms with van der Waals surface area (Å²) < 4.78 is 34.5. The van der Waals surface area contributed by atoms with Crippen LogP contribution in [0.15, 0.2) is 28.9 Å². The zero-order valence-electron chi connectivity index (χ0n) is 13.0. The SMILES string of the molecule is Cn1cc(-c2nc(C3(c4ccc(F)cc4F)CCCC3)no2)nn1. The van der Waals surface area contributed by atoms with E-state index in [-0.39, 0.29) is 5.89 Å². The molecule has 1 fully saturated rings. The minimum Gasteiger partial charge on any atom is -0.332 e. The van der Waals surface area contributed by atoms with Crippen LogP contribution in [0.4, 0.5) is 8.78 Å². The van der Waals surface area contributed by atoms with Crippen molar-refractivity contribution in [3.63, 3.8) is 0 Å². The molecule has 4 rings (SSSR count). The van der Waals surface area contributed by atoms with Crippen LogP contribution in [0.2, 0.25) is 0 Å². The van der Waals surface area contributed by atoms with Gasteiger partial charge in [0.15, 0.2) is 11.5 Å². The van der Waals surface area contributed by atoms with E-state index in [1.54, 1.807) is 13.2 Å². The van der Waals surface area contributed by atoms with Crippen LogP contribution in [0, 0.1) is 11.6 Å². The first kappa shape index (κ1) is 14.9. The van der Waals surface area contributed by atoms with E-state index in [1.165, 1.54) is 16.8 Å². The Morgan fingerprint density at radius 3 is 2.67 bits per heavy atom. The number of aryl methyl sites for hydroxylation is 1. The number of hydrogen-bond acceptors (Lipinski definition) is 5. The summed E-state index contributed by atoms with van der Waals surface area (Å²) in [5.41, 5.74) is 0.179. The van der Waals surface area contributed by atoms with Gasteiger partial charge in [0, 0.05) is 18.7 Å². The van der Waals surface area contributed by atoms with Crippen LogP contribution in [0.3, 0.4) is 0 Å². The lowest BCUT2D eigenvalue weighted by Gasteiger charge is -2.26. The highest BCUT2D eigenvalue weighted by molar-refractivity contribution is 5.45. The molecule has 0 spiro atoms. The maximum Gasteiger partial charge on any atom is 0.280 e. The van der Waals surface area contributed by atoms with Crippen molar-refractivity contribution in [2.24, 2.45) is 7.05 Å². The van der Waals surface area contributed by atoms with Crippen LogP contribution in [0.1, 0.15) is 37.1 Å². The molecule has 1 aliphatic carbocycles. The summed E-state index contributed by atoms with van der Waals surface area (Å²) in [6.45, 7) is 0. The molecule has 1 saturated carbocycles. The van der Waals surface area contributed by atoms with E-state index in [4.69, 9.17) is 4.52 Å². The molecular formula is C16H15F2N5O. The number of hydrogen-bond donors (Lipinski definition) is 0. The van der Waals surface area contributed by atoms with Gasteiger partial charge in [-0.25, -0.2) is 8.78 Å². The van der Waals surface area contributed by atoms with E-state index in [9.17, 15) is 8.78 Å². The standard InChI is InChI=1S/C16H15F2N5O/c1-23-9-13(20-22-23)14-19-15(21-24-14)16(6-2-3-7-16)11-5-4-10(17)8-12(11)18/h4-5,8-9H,2-3,6-7H2,1H3. The van der Waals surface area contributed by atoms with Crippen LogP contribution in [-0.4, -0.2) is 25.1 Å². The van der Waals surface area contributed by atoms with Crippen molar-refractivity contribution in [1.29, 1.82) is 0 Å². The van der Waals surface area contributed by atoms with Crippen LogP contribution >= 0.6 is 0 Å². The molecule has 0 N–H and O–H groups in total. The minimum absolute atomic E-state index is 0.242. The highest BCUT2D eigenvalue weighted by Crippen LogP contribution is 2.46. The lowest BCUT2D eigenvalue weighted by Crippen LogP contribution is -2.27. The Bertz CT molecular complexity index is 882. The smallest absolute Gasteiger partial charge is 0.280 e. The van der Waals surface area contributed by atoms with Crippen molar-refractivity contribution >= 4 is 0 Å². The Morgan fingerprint density at radius 2 is 2.00 bits per heavy atom. The fourth-order valence-electron chi connectivity index (χ4n) is 3.44. The third-order valence-corrected chi connectivity index (χ3v) is 4.58. The summed E-state index contributed by atoms with van der Waals surface area (Å²) in [6.07, 6.45) is 4.89. The molecule has 0 atom stereocenters. The van der Waals surface area contributed by atoms with E-state index in [1.807, 2.05) is 0 Å². The Balaban J connectivity index is 1.80. The predicted molar refractivity (Wildman–Crippen MR) is 79.9 cm³/mol. The van der Waals surface area contributed by atoms with E-state index < -0.39 is 17.0 Å². The van der Waals surface area contributed by atoms with Crippen molar-refractivity contribution < 1.29 is 13.3 Å². The molecule has 2 aromatic heterocycles. The molecule has 2 heterocycles. The molecule has 1 aliphatic rings. The maximum absolute atomic E-state index is 14.4. The van der Waals surface area contributed by atoms with Gasteiger partial charge in [-0.05, 0) is 18.9 Å². The largest absolute Gasteiger partial charge is 0.332 e. The number of aromatic nitrogens is 5. The lowest BCUT2D eigenvalue weighted by molar-refractivity contribution is 0.388. The first-order valence-electron chi connectivity index (χ1n) is 7.75. The zero-order valence-corrected chi connectivity index (χ0v) is 13.0. The van der Waals surface area contributed by atoms with E-state index in [2.05, 4.69) is 20.5 Å². The first-order valence-corrected chi connectivity index (χ1v) is 7.75. The Kier molecular flexibility index (Phi) is 3.40. The quantitative estimate of drug-likeness (QED) is 0.738. The number of rotatable bonds is 3. The molecule has 0 bridgehead atoms. The second-order valence-corrected chi connectivity index (χ2v) is 6.11. The predicted octanol–water partition coefficient (Wildman–Crippen LogP) is 3.00. The summed E-state index contributed by atoms with van der Waals surface area (Å²) >= 11 is 0. The molecule has 0 amide bonds. The number of halogens is 2. The van der Waals surface area contributed by atoms with Crippen molar-refractivity contribution in [1.82, 2.24) is 25.1 Å². The molecule has 1 aromatic carbocycles.